The Morgan fingerprint density at radius 2 is 2.47 bits per heavy atom. The first-order valence-corrected chi connectivity index (χ1v) is 6.49. The molecule has 19 heavy (non-hydrogen) atoms. The van der Waals surface area contributed by atoms with Crippen molar-refractivity contribution in [1.29, 1.82) is 0 Å². The molecule has 2 heterocycles. The Morgan fingerprint density at radius 1 is 1.68 bits per heavy atom. The van der Waals surface area contributed by atoms with E-state index in [9.17, 15) is 4.79 Å². The molecule has 0 radical (unpaired) electrons. The van der Waals surface area contributed by atoms with Gasteiger partial charge in [0.1, 0.15) is 5.76 Å². The summed E-state index contributed by atoms with van der Waals surface area (Å²) in [5, 5.41) is 0. The number of rotatable bonds is 4. The SMILES string of the molecule is COC1CCCN(Cc2cc(C)c(C(=O)NN)o2)C1. The van der Waals surface area contributed by atoms with E-state index < -0.39 is 5.91 Å². The summed E-state index contributed by atoms with van der Waals surface area (Å²) in [6.45, 7) is 4.46. The van der Waals surface area contributed by atoms with E-state index in [0.717, 1.165) is 37.3 Å². The molecular formula is C13H21N3O3. The predicted molar refractivity (Wildman–Crippen MR) is 70.4 cm³/mol. The van der Waals surface area contributed by atoms with Crippen LogP contribution in [0.5, 0.6) is 0 Å². The maximum atomic E-state index is 11.5. The van der Waals surface area contributed by atoms with Crippen LogP contribution in [-0.4, -0.2) is 37.1 Å². The van der Waals surface area contributed by atoms with Crippen molar-refractivity contribution in [2.45, 2.75) is 32.4 Å². The standard InChI is InChI=1S/C13H21N3O3/c1-9-6-11(19-12(9)13(17)15-14)8-16-5-3-4-10(7-16)18-2/h6,10H,3-5,7-8,14H2,1-2H3,(H,15,17). The Kier molecular flexibility index (Phi) is 4.57. The maximum Gasteiger partial charge on any atom is 0.301 e. The number of likely N-dealkylation sites (tertiary alicyclic amines) is 1. The highest BCUT2D eigenvalue weighted by molar-refractivity contribution is 5.92. The van der Waals surface area contributed by atoms with Crippen molar-refractivity contribution in [3.05, 3.63) is 23.2 Å². The molecule has 6 nitrogen and oxygen atoms in total. The van der Waals surface area contributed by atoms with E-state index in [1.807, 2.05) is 13.0 Å². The van der Waals surface area contributed by atoms with Gasteiger partial charge in [0.25, 0.3) is 0 Å². The average molecular weight is 267 g/mol. The molecule has 1 unspecified atom stereocenters. The van der Waals surface area contributed by atoms with Crippen LogP contribution in [0.1, 0.15) is 34.7 Å². The molecule has 0 bridgehead atoms. The van der Waals surface area contributed by atoms with Crippen LogP contribution in [0.2, 0.25) is 0 Å². The zero-order valence-electron chi connectivity index (χ0n) is 11.4. The molecule has 6 heteroatoms. The van der Waals surface area contributed by atoms with Gasteiger partial charge in [0.15, 0.2) is 5.76 Å². The third-order valence-corrected chi connectivity index (χ3v) is 3.48. The van der Waals surface area contributed by atoms with Crippen molar-refractivity contribution in [3.63, 3.8) is 0 Å². The van der Waals surface area contributed by atoms with Gasteiger partial charge in [-0.3, -0.25) is 15.1 Å². The van der Waals surface area contributed by atoms with E-state index in [2.05, 4.69) is 10.3 Å². The van der Waals surface area contributed by atoms with Gasteiger partial charge in [-0.05, 0) is 32.4 Å². The second-order valence-corrected chi connectivity index (χ2v) is 4.93. The Bertz CT molecular complexity index is 444. The first-order chi connectivity index (χ1) is 9.13. The van der Waals surface area contributed by atoms with Gasteiger partial charge >= 0.3 is 5.91 Å². The zero-order valence-corrected chi connectivity index (χ0v) is 11.4. The highest BCUT2D eigenvalue weighted by atomic mass is 16.5. The van der Waals surface area contributed by atoms with Gasteiger partial charge in [0.2, 0.25) is 0 Å². The van der Waals surface area contributed by atoms with E-state index in [1.54, 1.807) is 7.11 Å². The minimum Gasteiger partial charge on any atom is -0.454 e. The number of amides is 1. The monoisotopic (exact) mass is 267 g/mol. The number of piperidine rings is 1. The van der Waals surface area contributed by atoms with Crippen molar-refractivity contribution < 1.29 is 13.9 Å². The first kappa shape index (κ1) is 14.0. The third kappa shape index (κ3) is 3.34. The Balaban J connectivity index is 2.01. The van der Waals surface area contributed by atoms with Gasteiger partial charge < -0.3 is 9.15 Å². The number of aryl methyl sites for hydroxylation is 1. The van der Waals surface area contributed by atoms with Crippen LogP contribution in [0, 0.1) is 6.92 Å². The van der Waals surface area contributed by atoms with Gasteiger partial charge in [-0.1, -0.05) is 0 Å². The number of nitrogens with two attached hydrogens (primary N) is 1. The lowest BCUT2D eigenvalue weighted by atomic mass is 10.1. The second-order valence-electron chi connectivity index (χ2n) is 4.93. The quantitative estimate of drug-likeness (QED) is 0.479. The fourth-order valence-corrected chi connectivity index (χ4v) is 2.49. The molecule has 1 atom stereocenters. The van der Waals surface area contributed by atoms with E-state index in [-0.39, 0.29) is 11.9 Å². The number of hydrogen-bond acceptors (Lipinski definition) is 5. The molecule has 1 aliphatic heterocycles. The van der Waals surface area contributed by atoms with Crippen LogP contribution < -0.4 is 11.3 Å². The summed E-state index contributed by atoms with van der Waals surface area (Å²) >= 11 is 0. The average Bonchev–Trinajstić information content (AvgIpc) is 2.79. The smallest absolute Gasteiger partial charge is 0.301 e. The highest BCUT2D eigenvalue weighted by Crippen LogP contribution is 2.19. The van der Waals surface area contributed by atoms with Crippen molar-refractivity contribution in [1.82, 2.24) is 10.3 Å². The molecule has 1 aromatic rings. The fraction of sp³-hybridized carbons (Fsp3) is 0.615. The normalized spacial score (nSPS) is 20.5. The molecule has 1 aromatic heterocycles. The molecule has 0 saturated carbocycles. The lowest BCUT2D eigenvalue weighted by molar-refractivity contribution is 0.0262. The number of nitrogen functional groups attached to an aromatic ring is 1. The Morgan fingerprint density at radius 3 is 3.16 bits per heavy atom. The predicted octanol–water partition coefficient (Wildman–Crippen LogP) is 0.802. The summed E-state index contributed by atoms with van der Waals surface area (Å²) < 4.78 is 11.0. The van der Waals surface area contributed by atoms with Crippen LogP contribution >= 0.6 is 0 Å². The highest BCUT2D eigenvalue weighted by Gasteiger charge is 2.21. The molecular weight excluding hydrogens is 246 g/mol. The molecule has 0 aliphatic carbocycles. The zero-order chi connectivity index (χ0) is 13.8. The molecule has 1 fully saturated rings. The minimum absolute atomic E-state index is 0.289. The molecule has 0 aromatic carbocycles. The maximum absolute atomic E-state index is 11.5. The number of methoxy groups -OCH3 is 1. The summed E-state index contributed by atoms with van der Waals surface area (Å²) in [6.07, 6.45) is 2.51. The summed E-state index contributed by atoms with van der Waals surface area (Å²) in [5.74, 6) is 5.80. The first-order valence-electron chi connectivity index (χ1n) is 6.49. The van der Waals surface area contributed by atoms with E-state index in [4.69, 9.17) is 15.0 Å². The number of nitrogens with zero attached hydrogens (tertiary/aromatic N) is 1. The number of carbonyl (C=O) groups is 1. The Hall–Kier alpha value is -1.37. The third-order valence-electron chi connectivity index (χ3n) is 3.48. The lowest BCUT2D eigenvalue weighted by Gasteiger charge is -2.31. The summed E-state index contributed by atoms with van der Waals surface area (Å²) in [5.41, 5.74) is 2.89. The van der Waals surface area contributed by atoms with Gasteiger partial charge in [0, 0.05) is 19.2 Å². The van der Waals surface area contributed by atoms with Crippen molar-refractivity contribution in [3.8, 4) is 0 Å². The van der Waals surface area contributed by atoms with Gasteiger partial charge in [-0.15, -0.1) is 0 Å². The topological polar surface area (TPSA) is 80.7 Å². The number of furan rings is 1. The fourth-order valence-electron chi connectivity index (χ4n) is 2.49. The number of ether oxygens (including phenoxy) is 1. The number of hydrogen-bond donors (Lipinski definition) is 2. The van der Waals surface area contributed by atoms with E-state index in [1.165, 1.54) is 0 Å². The summed E-state index contributed by atoms with van der Waals surface area (Å²) in [7, 11) is 1.74. The lowest BCUT2D eigenvalue weighted by Crippen LogP contribution is -2.38. The van der Waals surface area contributed by atoms with Gasteiger partial charge in [-0.25, -0.2) is 5.84 Å². The minimum atomic E-state index is -0.392. The molecule has 3 N–H and O–H groups in total. The van der Waals surface area contributed by atoms with Crippen LogP contribution in [0.3, 0.4) is 0 Å². The van der Waals surface area contributed by atoms with Gasteiger partial charge in [-0.2, -0.15) is 0 Å². The van der Waals surface area contributed by atoms with E-state index in [0.29, 0.717) is 6.54 Å². The molecule has 1 saturated heterocycles. The van der Waals surface area contributed by atoms with Crippen LogP contribution in [-0.2, 0) is 11.3 Å². The number of hydrazine groups is 1. The molecule has 2 rings (SSSR count). The van der Waals surface area contributed by atoms with Crippen molar-refractivity contribution in [2.75, 3.05) is 20.2 Å². The molecule has 106 valence electrons. The van der Waals surface area contributed by atoms with Gasteiger partial charge in [0.05, 0.1) is 12.6 Å². The van der Waals surface area contributed by atoms with Crippen LogP contribution in [0.25, 0.3) is 0 Å². The van der Waals surface area contributed by atoms with Crippen LogP contribution in [0.4, 0.5) is 0 Å². The second kappa shape index (κ2) is 6.18. The Labute approximate surface area is 112 Å². The number of nitrogens with one attached hydrogen (secondary N) is 1. The largest absolute Gasteiger partial charge is 0.454 e. The van der Waals surface area contributed by atoms with Crippen molar-refractivity contribution >= 4 is 5.91 Å². The number of carbonyl (C=O) groups excluding carboxylic acids is 1. The molecule has 1 amide bonds. The van der Waals surface area contributed by atoms with Crippen molar-refractivity contribution in [2.24, 2.45) is 5.84 Å². The molecule has 0 spiro atoms. The molecule has 1 aliphatic rings. The van der Waals surface area contributed by atoms with Crippen LogP contribution in [0.15, 0.2) is 10.5 Å². The summed E-state index contributed by atoms with van der Waals surface area (Å²) in [4.78, 5) is 13.8. The summed E-state index contributed by atoms with van der Waals surface area (Å²) in [6, 6.07) is 1.89. The van der Waals surface area contributed by atoms with E-state index >= 15 is 0 Å².